The molecule has 3 nitrogen and oxygen atoms in total. The fraction of sp³-hybridized carbons (Fsp3) is 0.143. The van der Waals surface area contributed by atoms with Crippen LogP contribution in [-0.2, 0) is 0 Å². The van der Waals surface area contributed by atoms with Gasteiger partial charge in [0.1, 0.15) is 5.15 Å². The summed E-state index contributed by atoms with van der Waals surface area (Å²) in [4.78, 5) is 17.2. The lowest BCUT2D eigenvalue weighted by atomic mass is 10.2. The molecule has 0 aliphatic carbocycles. The molecule has 20 heavy (non-hydrogen) atoms. The standard InChI is InChI=1S/C14H12Cl2N2OS/c1-8-7-11(15)17-13(16)12(8)18-14(19)9-3-5-10(20-2)6-4-9/h3-7H,1-2H3,(H,18,19). The second kappa shape index (κ2) is 6.48. The summed E-state index contributed by atoms with van der Waals surface area (Å²) in [7, 11) is 0. The molecule has 0 saturated carbocycles. The van der Waals surface area contributed by atoms with E-state index in [1.807, 2.05) is 25.3 Å². The lowest BCUT2D eigenvalue weighted by molar-refractivity contribution is 0.102. The molecule has 1 aromatic heterocycles. The van der Waals surface area contributed by atoms with Gasteiger partial charge in [-0.05, 0) is 49.1 Å². The smallest absolute Gasteiger partial charge is 0.255 e. The average Bonchev–Trinajstić information content (AvgIpc) is 2.42. The van der Waals surface area contributed by atoms with Crippen molar-refractivity contribution in [3.8, 4) is 0 Å². The van der Waals surface area contributed by atoms with Crippen molar-refractivity contribution in [2.75, 3.05) is 11.6 Å². The Bertz CT molecular complexity index is 621. The van der Waals surface area contributed by atoms with Gasteiger partial charge in [0, 0.05) is 10.5 Å². The molecule has 1 heterocycles. The number of halogens is 2. The first kappa shape index (κ1) is 15.2. The lowest BCUT2D eigenvalue weighted by Gasteiger charge is -2.10. The first-order chi connectivity index (χ1) is 9.51. The minimum absolute atomic E-state index is 0.184. The van der Waals surface area contributed by atoms with Crippen LogP contribution >= 0.6 is 35.0 Å². The van der Waals surface area contributed by atoms with Crippen LogP contribution in [0.3, 0.4) is 0 Å². The quantitative estimate of drug-likeness (QED) is 0.658. The maximum atomic E-state index is 12.2. The number of carbonyl (C=O) groups excluding carboxylic acids is 1. The summed E-state index contributed by atoms with van der Waals surface area (Å²) in [6.45, 7) is 1.81. The Morgan fingerprint density at radius 2 is 1.90 bits per heavy atom. The number of rotatable bonds is 3. The predicted octanol–water partition coefficient (Wildman–Crippen LogP) is 4.67. The van der Waals surface area contributed by atoms with Crippen molar-refractivity contribution in [3.05, 3.63) is 51.8 Å². The minimum atomic E-state index is -0.230. The van der Waals surface area contributed by atoms with Gasteiger partial charge in [-0.2, -0.15) is 0 Å². The van der Waals surface area contributed by atoms with Crippen LogP contribution in [0.2, 0.25) is 10.3 Å². The Hall–Kier alpha value is -1.23. The lowest BCUT2D eigenvalue weighted by Crippen LogP contribution is -2.13. The van der Waals surface area contributed by atoms with E-state index in [9.17, 15) is 4.79 Å². The second-order valence-electron chi connectivity index (χ2n) is 4.11. The van der Waals surface area contributed by atoms with E-state index < -0.39 is 0 Å². The highest BCUT2D eigenvalue weighted by Gasteiger charge is 2.12. The van der Waals surface area contributed by atoms with Gasteiger partial charge in [0.15, 0.2) is 5.15 Å². The van der Waals surface area contributed by atoms with Gasteiger partial charge in [0.05, 0.1) is 5.69 Å². The summed E-state index contributed by atoms with van der Waals surface area (Å²) in [6, 6.07) is 8.99. The highest BCUT2D eigenvalue weighted by molar-refractivity contribution is 7.98. The number of aromatic nitrogens is 1. The summed E-state index contributed by atoms with van der Waals surface area (Å²) in [5, 5.41) is 3.25. The average molecular weight is 327 g/mol. The Labute approximate surface area is 131 Å². The molecular weight excluding hydrogens is 315 g/mol. The molecule has 2 aromatic rings. The Kier molecular flexibility index (Phi) is 4.91. The van der Waals surface area contributed by atoms with Gasteiger partial charge in [-0.3, -0.25) is 4.79 Å². The number of hydrogen-bond donors (Lipinski definition) is 1. The van der Waals surface area contributed by atoms with Crippen LogP contribution in [0.15, 0.2) is 35.2 Å². The van der Waals surface area contributed by atoms with Gasteiger partial charge in [-0.15, -0.1) is 11.8 Å². The van der Waals surface area contributed by atoms with Gasteiger partial charge in [-0.25, -0.2) is 4.98 Å². The second-order valence-corrected chi connectivity index (χ2v) is 5.74. The SMILES string of the molecule is CSc1ccc(C(=O)Nc2c(C)cc(Cl)nc2Cl)cc1. The zero-order valence-corrected chi connectivity index (χ0v) is 13.2. The van der Waals surface area contributed by atoms with Crippen LogP contribution in [0.1, 0.15) is 15.9 Å². The van der Waals surface area contributed by atoms with E-state index >= 15 is 0 Å². The highest BCUT2D eigenvalue weighted by atomic mass is 35.5. The van der Waals surface area contributed by atoms with Crippen molar-refractivity contribution in [2.24, 2.45) is 0 Å². The van der Waals surface area contributed by atoms with Gasteiger partial charge < -0.3 is 5.32 Å². The summed E-state index contributed by atoms with van der Waals surface area (Å²) in [5.74, 6) is -0.230. The van der Waals surface area contributed by atoms with Crippen molar-refractivity contribution >= 4 is 46.6 Å². The van der Waals surface area contributed by atoms with Crippen molar-refractivity contribution in [2.45, 2.75) is 11.8 Å². The molecule has 6 heteroatoms. The number of amides is 1. The van der Waals surface area contributed by atoms with Crippen LogP contribution in [0.25, 0.3) is 0 Å². The van der Waals surface area contributed by atoms with E-state index in [4.69, 9.17) is 23.2 Å². The van der Waals surface area contributed by atoms with E-state index in [0.717, 1.165) is 10.5 Å². The molecule has 0 aliphatic rings. The number of pyridine rings is 1. The molecule has 0 unspecified atom stereocenters. The van der Waals surface area contributed by atoms with Crippen LogP contribution in [0, 0.1) is 6.92 Å². The number of thioether (sulfide) groups is 1. The maximum Gasteiger partial charge on any atom is 0.255 e. The fourth-order valence-electron chi connectivity index (χ4n) is 1.67. The summed E-state index contributed by atoms with van der Waals surface area (Å²) in [5.41, 5.74) is 1.81. The van der Waals surface area contributed by atoms with Crippen LogP contribution in [0.5, 0.6) is 0 Å². The van der Waals surface area contributed by atoms with Crippen LogP contribution in [0.4, 0.5) is 5.69 Å². The zero-order valence-electron chi connectivity index (χ0n) is 10.9. The van der Waals surface area contributed by atoms with Crippen molar-refractivity contribution in [1.82, 2.24) is 4.98 Å². The third-order valence-corrected chi connectivity index (χ3v) is 3.94. The van der Waals surface area contributed by atoms with Crippen molar-refractivity contribution in [3.63, 3.8) is 0 Å². The molecular formula is C14H12Cl2N2OS. The number of aryl methyl sites for hydroxylation is 1. The van der Waals surface area contributed by atoms with Gasteiger partial charge in [0.25, 0.3) is 5.91 Å². The normalized spacial score (nSPS) is 10.4. The number of anilines is 1. The molecule has 0 spiro atoms. The van der Waals surface area contributed by atoms with Gasteiger partial charge >= 0.3 is 0 Å². The van der Waals surface area contributed by atoms with Crippen LogP contribution < -0.4 is 5.32 Å². The Balaban J connectivity index is 2.23. The van der Waals surface area contributed by atoms with Gasteiger partial charge in [-0.1, -0.05) is 23.2 Å². The molecule has 1 amide bonds. The first-order valence-electron chi connectivity index (χ1n) is 5.79. The number of nitrogens with one attached hydrogen (secondary N) is 1. The molecule has 104 valence electrons. The molecule has 0 fully saturated rings. The molecule has 0 bridgehead atoms. The van der Waals surface area contributed by atoms with E-state index in [1.54, 1.807) is 30.0 Å². The summed E-state index contributed by atoms with van der Waals surface area (Å²) < 4.78 is 0. The van der Waals surface area contributed by atoms with Crippen molar-refractivity contribution in [1.29, 1.82) is 0 Å². The molecule has 1 aromatic carbocycles. The molecule has 0 aliphatic heterocycles. The van der Waals surface area contributed by atoms with E-state index in [1.165, 1.54) is 0 Å². The maximum absolute atomic E-state index is 12.2. The van der Waals surface area contributed by atoms with Gasteiger partial charge in [0.2, 0.25) is 0 Å². The number of nitrogens with zero attached hydrogens (tertiary/aromatic N) is 1. The molecule has 1 N–H and O–H groups in total. The predicted molar refractivity (Wildman–Crippen MR) is 85.2 cm³/mol. The highest BCUT2D eigenvalue weighted by Crippen LogP contribution is 2.27. The molecule has 2 rings (SSSR count). The Morgan fingerprint density at radius 3 is 2.45 bits per heavy atom. The summed E-state index contributed by atoms with van der Waals surface area (Å²) in [6.07, 6.45) is 1.98. The molecule has 0 saturated heterocycles. The topological polar surface area (TPSA) is 42.0 Å². The third-order valence-electron chi connectivity index (χ3n) is 2.73. The number of carbonyl (C=O) groups is 1. The largest absolute Gasteiger partial charge is 0.319 e. The minimum Gasteiger partial charge on any atom is -0.319 e. The summed E-state index contributed by atoms with van der Waals surface area (Å²) >= 11 is 13.4. The van der Waals surface area contributed by atoms with Crippen LogP contribution in [-0.4, -0.2) is 17.1 Å². The number of hydrogen-bond acceptors (Lipinski definition) is 3. The van der Waals surface area contributed by atoms with Crippen molar-refractivity contribution < 1.29 is 4.79 Å². The van der Waals surface area contributed by atoms with E-state index in [-0.39, 0.29) is 11.1 Å². The van der Waals surface area contributed by atoms with E-state index in [2.05, 4.69) is 10.3 Å². The van der Waals surface area contributed by atoms with E-state index in [0.29, 0.717) is 16.4 Å². The third kappa shape index (κ3) is 3.45. The molecule has 0 radical (unpaired) electrons. The number of benzene rings is 1. The molecule has 0 atom stereocenters. The first-order valence-corrected chi connectivity index (χ1v) is 7.77. The Morgan fingerprint density at radius 1 is 1.25 bits per heavy atom. The monoisotopic (exact) mass is 326 g/mol. The fourth-order valence-corrected chi connectivity index (χ4v) is 2.66. The zero-order chi connectivity index (χ0) is 14.7.